The maximum Gasteiger partial charge on any atom is 0.134 e. The first-order valence-corrected chi connectivity index (χ1v) is 5.80. The van der Waals surface area contributed by atoms with Gasteiger partial charge in [-0.1, -0.05) is 0 Å². The van der Waals surface area contributed by atoms with Crippen LogP contribution in [0, 0.1) is 0 Å². The molecule has 0 saturated carbocycles. The van der Waals surface area contributed by atoms with E-state index in [9.17, 15) is 0 Å². The van der Waals surface area contributed by atoms with Crippen LogP contribution in [0.5, 0.6) is 23.0 Å². The Morgan fingerprint density at radius 3 is 2.26 bits per heavy atom. The van der Waals surface area contributed by atoms with Gasteiger partial charge < -0.3 is 19.9 Å². The lowest BCUT2D eigenvalue weighted by Crippen LogP contribution is -2.00. The summed E-state index contributed by atoms with van der Waals surface area (Å²) >= 11 is 0. The molecule has 2 aromatic rings. The summed E-state index contributed by atoms with van der Waals surface area (Å²) in [6, 6.07) is 7.11. The molecule has 0 amide bonds. The zero-order valence-electron chi connectivity index (χ0n) is 10.9. The number of ether oxygens (including phenoxy) is 3. The number of pyridine rings is 1. The molecular weight excluding hydrogens is 244 g/mol. The highest BCUT2D eigenvalue weighted by Gasteiger charge is 2.07. The summed E-state index contributed by atoms with van der Waals surface area (Å²) in [6.07, 6.45) is 3.35. The molecule has 0 bridgehead atoms. The van der Waals surface area contributed by atoms with Crippen LogP contribution >= 0.6 is 0 Å². The van der Waals surface area contributed by atoms with Crippen molar-refractivity contribution in [1.82, 2.24) is 4.98 Å². The standard InChI is InChI=1S/C14H16N2O3/c1-17-11-5-12(18-2)7-13(6-11)19-14-3-4-16-9-10(14)8-15/h3-7,9H,8,15H2,1-2H3. The summed E-state index contributed by atoms with van der Waals surface area (Å²) < 4.78 is 16.2. The van der Waals surface area contributed by atoms with Gasteiger partial charge in [-0.2, -0.15) is 0 Å². The van der Waals surface area contributed by atoms with E-state index in [1.807, 2.05) is 0 Å². The lowest BCUT2D eigenvalue weighted by molar-refractivity contribution is 0.386. The van der Waals surface area contributed by atoms with E-state index in [2.05, 4.69) is 4.98 Å². The monoisotopic (exact) mass is 260 g/mol. The molecule has 0 spiro atoms. The minimum atomic E-state index is 0.365. The molecule has 5 heteroatoms. The number of hydrogen-bond donors (Lipinski definition) is 1. The summed E-state index contributed by atoms with van der Waals surface area (Å²) in [5.41, 5.74) is 6.48. The highest BCUT2D eigenvalue weighted by Crippen LogP contribution is 2.31. The van der Waals surface area contributed by atoms with Crippen molar-refractivity contribution in [2.45, 2.75) is 6.54 Å². The molecule has 0 radical (unpaired) electrons. The summed E-state index contributed by atoms with van der Waals surface area (Å²) in [7, 11) is 3.19. The molecule has 0 atom stereocenters. The Morgan fingerprint density at radius 1 is 1.05 bits per heavy atom. The normalized spacial score (nSPS) is 10.1. The van der Waals surface area contributed by atoms with Crippen molar-refractivity contribution in [3.63, 3.8) is 0 Å². The number of hydrogen-bond acceptors (Lipinski definition) is 5. The fourth-order valence-electron chi connectivity index (χ4n) is 1.63. The van der Waals surface area contributed by atoms with Crippen molar-refractivity contribution < 1.29 is 14.2 Å². The van der Waals surface area contributed by atoms with Gasteiger partial charge >= 0.3 is 0 Å². The van der Waals surface area contributed by atoms with Crippen LogP contribution in [-0.2, 0) is 6.54 Å². The topological polar surface area (TPSA) is 66.6 Å². The van der Waals surface area contributed by atoms with E-state index >= 15 is 0 Å². The van der Waals surface area contributed by atoms with E-state index < -0.39 is 0 Å². The van der Waals surface area contributed by atoms with E-state index in [-0.39, 0.29) is 0 Å². The van der Waals surface area contributed by atoms with E-state index in [0.29, 0.717) is 29.5 Å². The second-order valence-electron chi connectivity index (χ2n) is 3.84. The number of nitrogens with zero attached hydrogens (tertiary/aromatic N) is 1. The van der Waals surface area contributed by atoms with Gasteiger partial charge in [-0.15, -0.1) is 0 Å². The molecule has 2 N–H and O–H groups in total. The van der Waals surface area contributed by atoms with Gasteiger partial charge in [0.15, 0.2) is 0 Å². The van der Waals surface area contributed by atoms with Crippen LogP contribution in [-0.4, -0.2) is 19.2 Å². The van der Waals surface area contributed by atoms with Gasteiger partial charge in [-0.3, -0.25) is 4.98 Å². The van der Waals surface area contributed by atoms with E-state index in [4.69, 9.17) is 19.9 Å². The third-order valence-corrected chi connectivity index (χ3v) is 2.63. The van der Waals surface area contributed by atoms with Crippen LogP contribution in [0.25, 0.3) is 0 Å². The molecule has 0 aliphatic rings. The molecule has 100 valence electrons. The smallest absolute Gasteiger partial charge is 0.134 e. The minimum absolute atomic E-state index is 0.365. The number of rotatable bonds is 5. The maximum atomic E-state index is 5.81. The van der Waals surface area contributed by atoms with Gasteiger partial charge in [0.2, 0.25) is 0 Å². The lowest BCUT2D eigenvalue weighted by Gasteiger charge is -2.12. The third-order valence-electron chi connectivity index (χ3n) is 2.63. The Balaban J connectivity index is 2.32. The Bertz CT molecular complexity index is 536. The summed E-state index contributed by atoms with van der Waals surface area (Å²) in [5, 5.41) is 0. The molecule has 0 unspecified atom stereocenters. The maximum absolute atomic E-state index is 5.81. The van der Waals surface area contributed by atoms with Crippen LogP contribution in [0.3, 0.4) is 0 Å². The van der Waals surface area contributed by atoms with E-state index in [1.165, 1.54) is 0 Å². The first kappa shape index (κ1) is 13.2. The molecular formula is C14H16N2O3. The summed E-state index contributed by atoms with van der Waals surface area (Å²) in [4.78, 5) is 4.02. The number of aromatic nitrogens is 1. The van der Waals surface area contributed by atoms with Crippen molar-refractivity contribution in [1.29, 1.82) is 0 Å². The van der Waals surface area contributed by atoms with Gasteiger partial charge in [0.05, 0.1) is 14.2 Å². The molecule has 0 fully saturated rings. The molecule has 1 heterocycles. The minimum Gasteiger partial charge on any atom is -0.496 e. The van der Waals surface area contributed by atoms with Crippen molar-refractivity contribution in [3.05, 3.63) is 42.2 Å². The van der Waals surface area contributed by atoms with Gasteiger partial charge in [0.1, 0.15) is 23.0 Å². The highest BCUT2D eigenvalue weighted by atomic mass is 16.5. The Morgan fingerprint density at radius 2 is 1.68 bits per heavy atom. The SMILES string of the molecule is COc1cc(OC)cc(Oc2ccncc2CN)c1. The molecule has 1 aromatic heterocycles. The highest BCUT2D eigenvalue weighted by molar-refractivity contribution is 5.44. The van der Waals surface area contributed by atoms with Crippen molar-refractivity contribution in [2.24, 2.45) is 5.73 Å². The predicted octanol–water partition coefficient (Wildman–Crippen LogP) is 2.35. The first-order chi connectivity index (χ1) is 9.26. The second kappa shape index (κ2) is 6.06. The fraction of sp³-hybridized carbons (Fsp3) is 0.214. The number of nitrogens with two attached hydrogens (primary N) is 1. The van der Waals surface area contributed by atoms with Crippen molar-refractivity contribution in [3.8, 4) is 23.0 Å². The van der Waals surface area contributed by atoms with Crippen molar-refractivity contribution >= 4 is 0 Å². The average molecular weight is 260 g/mol. The van der Waals surface area contributed by atoms with Gasteiger partial charge in [-0.05, 0) is 6.07 Å². The van der Waals surface area contributed by atoms with E-state index in [0.717, 1.165) is 5.56 Å². The number of benzene rings is 1. The molecule has 0 saturated heterocycles. The predicted molar refractivity (Wildman–Crippen MR) is 71.7 cm³/mol. The zero-order chi connectivity index (χ0) is 13.7. The summed E-state index contributed by atoms with van der Waals surface area (Å²) in [6.45, 7) is 0.365. The van der Waals surface area contributed by atoms with Gasteiger partial charge in [-0.25, -0.2) is 0 Å². The molecule has 19 heavy (non-hydrogen) atoms. The third kappa shape index (κ3) is 3.14. The largest absolute Gasteiger partial charge is 0.496 e. The Hall–Kier alpha value is -2.27. The van der Waals surface area contributed by atoms with Crippen LogP contribution in [0.4, 0.5) is 0 Å². The van der Waals surface area contributed by atoms with Gasteiger partial charge in [0, 0.05) is 42.7 Å². The van der Waals surface area contributed by atoms with Crippen LogP contribution < -0.4 is 19.9 Å². The van der Waals surface area contributed by atoms with E-state index in [1.54, 1.807) is 50.9 Å². The molecule has 2 rings (SSSR count). The summed E-state index contributed by atoms with van der Waals surface area (Å²) in [5.74, 6) is 2.63. The first-order valence-electron chi connectivity index (χ1n) is 5.80. The van der Waals surface area contributed by atoms with Gasteiger partial charge in [0.25, 0.3) is 0 Å². The molecule has 5 nitrogen and oxygen atoms in total. The molecule has 0 aliphatic heterocycles. The van der Waals surface area contributed by atoms with Crippen LogP contribution in [0.2, 0.25) is 0 Å². The fourth-order valence-corrected chi connectivity index (χ4v) is 1.63. The van der Waals surface area contributed by atoms with Crippen LogP contribution in [0.15, 0.2) is 36.7 Å². The van der Waals surface area contributed by atoms with Crippen LogP contribution in [0.1, 0.15) is 5.56 Å². The molecule has 1 aromatic carbocycles. The Labute approximate surface area is 111 Å². The average Bonchev–Trinajstić information content (AvgIpc) is 2.47. The molecule has 0 aliphatic carbocycles. The lowest BCUT2D eigenvalue weighted by atomic mass is 10.2. The quantitative estimate of drug-likeness (QED) is 0.893. The second-order valence-corrected chi connectivity index (χ2v) is 3.84. The zero-order valence-corrected chi connectivity index (χ0v) is 10.9. The van der Waals surface area contributed by atoms with Crippen molar-refractivity contribution in [2.75, 3.05) is 14.2 Å². The number of methoxy groups -OCH3 is 2. The Kier molecular flexibility index (Phi) is 4.20.